The average Bonchev–Trinajstić information content (AvgIpc) is 3.35. The van der Waals surface area contributed by atoms with E-state index >= 15 is 0 Å². The standard InChI is InChI=1S/C20H11F4N5OS/c21-14-7-10(20(22,23)24)8-17-18(14)27-19(26-17)25-11-1-3-12(4-2-11)30-13-5-6-15-16(9-13)29-31-28-15/h1-9H,(H2,25,26,27). The Labute approximate surface area is 175 Å². The van der Waals surface area contributed by atoms with E-state index in [2.05, 4.69) is 24.0 Å². The third-order valence-corrected chi connectivity index (χ3v) is 5.00. The molecule has 0 amide bonds. The predicted molar refractivity (Wildman–Crippen MR) is 108 cm³/mol. The summed E-state index contributed by atoms with van der Waals surface area (Å²) in [5, 5.41) is 2.90. The highest BCUT2D eigenvalue weighted by atomic mass is 32.1. The third-order valence-electron chi connectivity index (χ3n) is 4.45. The van der Waals surface area contributed by atoms with E-state index in [1.165, 1.54) is 0 Å². The van der Waals surface area contributed by atoms with E-state index in [4.69, 9.17) is 4.74 Å². The molecule has 2 heterocycles. The van der Waals surface area contributed by atoms with Gasteiger partial charge in [-0.05, 0) is 48.5 Å². The second-order valence-corrected chi connectivity index (χ2v) is 7.13. The van der Waals surface area contributed by atoms with Crippen LogP contribution in [0.1, 0.15) is 5.56 Å². The zero-order valence-corrected chi connectivity index (χ0v) is 16.2. The van der Waals surface area contributed by atoms with Gasteiger partial charge in [-0.3, -0.25) is 0 Å². The molecule has 0 radical (unpaired) electrons. The van der Waals surface area contributed by atoms with E-state index < -0.39 is 17.6 Å². The summed E-state index contributed by atoms with van der Waals surface area (Å²) in [5.41, 5.74) is 0.806. The molecule has 2 N–H and O–H groups in total. The first-order valence-electron chi connectivity index (χ1n) is 8.89. The molecular formula is C20H11F4N5OS. The number of aromatic amines is 1. The van der Waals surface area contributed by atoms with Crippen molar-refractivity contribution in [3.05, 3.63) is 66.0 Å². The van der Waals surface area contributed by atoms with Gasteiger partial charge in [0.2, 0.25) is 5.95 Å². The van der Waals surface area contributed by atoms with Crippen LogP contribution in [0, 0.1) is 5.82 Å². The van der Waals surface area contributed by atoms with E-state index in [1.54, 1.807) is 36.4 Å². The number of anilines is 2. The number of hydrogen-bond acceptors (Lipinski definition) is 6. The number of nitrogens with one attached hydrogen (secondary N) is 2. The van der Waals surface area contributed by atoms with Crippen LogP contribution in [0.5, 0.6) is 11.5 Å². The van der Waals surface area contributed by atoms with E-state index in [0.717, 1.165) is 28.8 Å². The molecule has 0 atom stereocenters. The van der Waals surface area contributed by atoms with Crippen molar-refractivity contribution >= 4 is 45.4 Å². The number of H-pyrrole nitrogens is 1. The highest BCUT2D eigenvalue weighted by molar-refractivity contribution is 7.00. The second kappa shape index (κ2) is 7.20. The summed E-state index contributed by atoms with van der Waals surface area (Å²) in [6.07, 6.45) is -4.65. The Balaban J connectivity index is 1.34. The van der Waals surface area contributed by atoms with Gasteiger partial charge in [0.05, 0.1) is 22.8 Å². The summed E-state index contributed by atoms with van der Waals surface area (Å²) in [4.78, 5) is 6.65. The van der Waals surface area contributed by atoms with Gasteiger partial charge < -0.3 is 15.0 Å². The molecule has 6 nitrogen and oxygen atoms in total. The molecule has 0 spiro atoms. The average molecular weight is 445 g/mol. The van der Waals surface area contributed by atoms with Gasteiger partial charge in [0.15, 0.2) is 5.82 Å². The van der Waals surface area contributed by atoms with Crippen molar-refractivity contribution in [2.24, 2.45) is 0 Å². The largest absolute Gasteiger partial charge is 0.457 e. The van der Waals surface area contributed by atoms with Crippen LogP contribution in [0.2, 0.25) is 0 Å². The van der Waals surface area contributed by atoms with Crippen molar-refractivity contribution in [3.8, 4) is 11.5 Å². The fourth-order valence-electron chi connectivity index (χ4n) is 3.00. The van der Waals surface area contributed by atoms with Gasteiger partial charge in [-0.15, -0.1) is 0 Å². The number of nitrogens with zero attached hydrogens (tertiary/aromatic N) is 3. The minimum absolute atomic E-state index is 0.0540. The molecule has 0 aliphatic rings. The number of aromatic nitrogens is 4. The molecule has 5 aromatic rings. The van der Waals surface area contributed by atoms with E-state index in [9.17, 15) is 17.6 Å². The number of rotatable bonds is 4. The first-order chi connectivity index (χ1) is 14.8. The van der Waals surface area contributed by atoms with Crippen molar-refractivity contribution in [1.82, 2.24) is 18.7 Å². The smallest absolute Gasteiger partial charge is 0.416 e. The lowest BCUT2D eigenvalue weighted by Gasteiger charge is -2.07. The van der Waals surface area contributed by atoms with Gasteiger partial charge >= 0.3 is 6.18 Å². The molecule has 0 aliphatic heterocycles. The molecule has 0 fully saturated rings. The lowest BCUT2D eigenvalue weighted by atomic mass is 10.2. The summed E-state index contributed by atoms with van der Waals surface area (Å²) in [7, 11) is 0. The Kier molecular flexibility index (Phi) is 4.47. The SMILES string of the molecule is Fc1cc(C(F)(F)F)cc2[nH]c(Nc3ccc(Oc4ccc5nsnc5c4)cc3)nc12. The van der Waals surface area contributed by atoms with Gasteiger partial charge in [-0.2, -0.15) is 21.9 Å². The van der Waals surface area contributed by atoms with Crippen molar-refractivity contribution < 1.29 is 22.3 Å². The fraction of sp³-hybridized carbons (Fsp3) is 0.0500. The molecule has 31 heavy (non-hydrogen) atoms. The maximum atomic E-state index is 14.0. The number of hydrogen-bond donors (Lipinski definition) is 2. The summed E-state index contributed by atoms with van der Waals surface area (Å²) in [5.74, 6) is 0.237. The molecule has 0 unspecified atom stereocenters. The Morgan fingerprint density at radius 2 is 1.65 bits per heavy atom. The summed E-state index contributed by atoms with van der Waals surface area (Å²) in [6, 6.07) is 13.4. The number of imidazole rings is 1. The molecule has 5 rings (SSSR count). The predicted octanol–water partition coefficient (Wildman–Crippen LogP) is 6.26. The summed E-state index contributed by atoms with van der Waals surface area (Å²) in [6.45, 7) is 0. The second-order valence-electron chi connectivity index (χ2n) is 6.60. The molecule has 0 saturated carbocycles. The van der Waals surface area contributed by atoms with Gasteiger partial charge in [0, 0.05) is 11.8 Å². The minimum Gasteiger partial charge on any atom is -0.457 e. The van der Waals surface area contributed by atoms with Crippen molar-refractivity contribution in [2.75, 3.05) is 5.32 Å². The maximum Gasteiger partial charge on any atom is 0.416 e. The molecular weight excluding hydrogens is 434 g/mol. The van der Waals surface area contributed by atoms with Gasteiger partial charge in [0.25, 0.3) is 0 Å². The van der Waals surface area contributed by atoms with E-state index in [1.807, 2.05) is 6.07 Å². The molecule has 3 aromatic carbocycles. The van der Waals surface area contributed by atoms with Crippen LogP contribution in [0.15, 0.2) is 54.6 Å². The molecule has 156 valence electrons. The Bertz CT molecular complexity index is 1390. The summed E-state index contributed by atoms with van der Waals surface area (Å²) < 4.78 is 66.7. The normalized spacial score (nSPS) is 11.9. The topological polar surface area (TPSA) is 75.7 Å². The number of alkyl halides is 3. The van der Waals surface area contributed by atoms with Crippen molar-refractivity contribution in [3.63, 3.8) is 0 Å². The highest BCUT2D eigenvalue weighted by Crippen LogP contribution is 2.33. The quantitative estimate of drug-likeness (QED) is 0.319. The first kappa shape index (κ1) is 19.2. The van der Waals surface area contributed by atoms with Gasteiger partial charge in [0.1, 0.15) is 28.0 Å². The van der Waals surface area contributed by atoms with E-state index in [0.29, 0.717) is 23.3 Å². The van der Waals surface area contributed by atoms with E-state index in [-0.39, 0.29) is 17.0 Å². The number of ether oxygens (including phenoxy) is 1. The van der Waals surface area contributed by atoms with Crippen molar-refractivity contribution in [1.29, 1.82) is 0 Å². The zero-order valence-electron chi connectivity index (χ0n) is 15.4. The maximum absolute atomic E-state index is 14.0. The summed E-state index contributed by atoms with van der Waals surface area (Å²) >= 11 is 1.12. The Morgan fingerprint density at radius 1 is 0.903 bits per heavy atom. The first-order valence-corrected chi connectivity index (χ1v) is 9.62. The van der Waals surface area contributed by atoms with Crippen LogP contribution in [0.25, 0.3) is 22.1 Å². The van der Waals surface area contributed by atoms with Crippen LogP contribution in [0.3, 0.4) is 0 Å². The van der Waals surface area contributed by atoms with Crippen LogP contribution in [-0.2, 0) is 6.18 Å². The zero-order chi connectivity index (χ0) is 21.6. The molecule has 0 aliphatic carbocycles. The van der Waals surface area contributed by atoms with Gasteiger partial charge in [-0.25, -0.2) is 9.37 Å². The number of benzene rings is 3. The number of fused-ring (bicyclic) bond motifs is 2. The van der Waals surface area contributed by atoms with Crippen LogP contribution < -0.4 is 10.1 Å². The van der Waals surface area contributed by atoms with Crippen LogP contribution in [-0.4, -0.2) is 18.7 Å². The number of halogens is 4. The van der Waals surface area contributed by atoms with Crippen LogP contribution >= 0.6 is 11.7 Å². The van der Waals surface area contributed by atoms with Crippen molar-refractivity contribution in [2.45, 2.75) is 6.18 Å². The fourth-order valence-corrected chi connectivity index (χ4v) is 3.52. The molecule has 2 aromatic heterocycles. The minimum atomic E-state index is -4.65. The third kappa shape index (κ3) is 3.87. The lowest BCUT2D eigenvalue weighted by Crippen LogP contribution is -2.05. The van der Waals surface area contributed by atoms with Gasteiger partial charge in [-0.1, -0.05) is 0 Å². The lowest BCUT2D eigenvalue weighted by molar-refractivity contribution is -0.137. The Hall–Kier alpha value is -3.73. The Morgan fingerprint density at radius 3 is 2.42 bits per heavy atom. The molecule has 11 heteroatoms. The molecule has 0 bridgehead atoms. The highest BCUT2D eigenvalue weighted by Gasteiger charge is 2.32. The van der Waals surface area contributed by atoms with Crippen LogP contribution in [0.4, 0.5) is 29.2 Å². The molecule has 0 saturated heterocycles. The monoisotopic (exact) mass is 445 g/mol.